The molecule has 3 amide bonds. The number of hydrogen-bond acceptors (Lipinski definition) is 13. The van der Waals surface area contributed by atoms with Gasteiger partial charge in [0.15, 0.2) is 17.4 Å². The molecule has 0 spiro atoms. The predicted octanol–water partition coefficient (Wildman–Crippen LogP) is 1.03. The van der Waals surface area contributed by atoms with E-state index in [1.54, 1.807) is 55.4 Å². The molecule has 46 heavy (non-hydrogen) atoms. The zero-order valence-electron chi connectivity index (χ0n) is 27.3. The Morgan fingerprint density at radius 3 is 2.41 bits per heavy atom. The largest absolute Gasteiger partial charge is 0.443 e. The monoisotopic (exact) mass is 652 g/mol. The van der Waals surface area contributed by atoms with E-state index >= 15 is 0 Å². The van der Waals surface area contributed by atoms with Crippen molar-refractivity contribution in [2.45, 2.75) is 97.6 Å². The van der Waals surface area contributed by atoms with Gasteiger partial charge in [-0.3, -0.25) is 24.5 Å². The molecule has 1 aliphatic heterocycles. The summed E-state index contributed by atoms with van der Waals surface area (Å²) in [6.07, 6.45) is -5.38. The number of fused-ring (bicyclic) bond motifs is 1. The van der Waals surface area contributed by atoms with Gasteiger partial charge in [0.25, 0.3) is 5.56 Å². The van der Waals surface area contributed by atoms with Crippen molar-refractivity contribution < 1.29 is 43.5 Å². The lowest BCUT2D eigenvalue weighted by Crippen LogP contribution is -2.50. The first-order valence-electron chi connectivity index (χ1n) is 14.7. The third-order valence-electron chi connectivity index (χ3n) is 6.23. The molecule has 6 N–H and O–H groups in total. The molecule has 0 bridgehead atoms. The molecule has 0 unspecified atom stereocenters. The van der Waals surface area contributed by atoms with Crippen LogP contribution in [0.25, 0.3) is 11.2 Å². The highest BCUT2D eigenvalue weighted by Crippen LogP contribution is 2.31. The summed E-state index contributed by atoms with van der Waals surface area (Å²) in [5, 5.41) is 23.8. The number of nitrogens with two attached hydrogens (primary N) is 1. The van der Waals surface area contributed by atoms with Crippen LogP contribution in [-0.2, 0) is 23.7 Å². The number of imidazole rings is 1. The van der Waals surface area contributed by atoms with Gasteiger partial charge in [-0.25, -0.2) is 19.5 Å². The average Bonchev–Trinajstić information content (AvgIpc) is 3.44. The number of hydrogen-bond donors (Lipinski definition) is 5. The summed E-state index contributed by atoms with van der Waals surface area (Å²) >= 11 is 0. The molecule has 1 fully saturated rings. The molecule has 0 saturated carbocycles. The lowest BCUT2D eigenvalue weighted by atomic mass is 10.1. The highest BCUT2D eigenvalue weighted by molar-refractivity contribution is 6.06. The van der Waals surface area contributed by atoms with Gasteiger partial charge < -0.3 is 34.9 Å². The summed E-state index contributed by atoms with van der Waals surface area (Å²) in [5.74, 6) is -1.53. The number of H-pyrrole nitrogens is 1. The van der Waals surface area contributed by atoms with E-state index in [-0.39, 0.29) is 49.3 Å². The van der Waals surface area contributed by atoms with E-state index in [4.69, 9.17) is 24.7 Å². The van der Waals surface area contributed by atoms with Crippen molar-refractivity contribution in [1.82, 2.24) is 29.7 Å². The standard InChI is InChI=1S/C28H44N8O10/c1-14(2)20(39)33-24(34-25(41)45-27(3,4)5)35(26(42)46-28(6,7)8)10-9-11-43-12-15-17(37)18(38)22(44-15)36-13-30-16-19(36)31-23(29)32-21(16)40/h13-15,17-18,22,37-38H,9-12H2,1-8H3,(H3,29,31,32,40)(H,33,34,39,41)/t15-,17-,18-,22-/m1/s1. The zero-order valence-corrected chi connectivity index (χ0v) is 27.3. The second-order valence-corrected chi connectivity index (χ2v) is 12.9. The summed E-state index contributed by atoms with van der Waals surface area (Å²) in [6, 6.07) is 0. The van der Waals surface area contributed by atoms with Crippen LogP contribution in [0.3, 0.4) is 0 Å². The molecule has 2 aromatic rings. The number of nitrogens with one attached hydrogen (secondary N) is 2. The average molecular weight is 653 g/mol. The van der Waals surface area contributed by atoms with E-state index in [1.807, 2.05) is 0 Å². The Balaban J connectivity index is 1.70. The third kappa shape index (κ3) is 9.68. The Hall–Kier alpha value is -4.13. The molecule has 3 heterocycles. The number of aliphatic hydroxyl groups excluding tert-OH is 2. The first-order valence-corrected chi connectivity index (χ1v) is 14.7. The molecule has 18 heteroatoms. The molecule has 256 valence electrons. The smallest absolute Gasteiger partial charge is 0.437 e. The molecule has 2 aromatic heterocycles. The predicted molar refractivity (Wildman–Crippen MR) is 164 cm³/mol. The number of nitrogen functional groups attached to an aromatic ring is 1. The second-order valence-electron chi connectivity index (χ2n) is 12.9. The number of aromatic nitrogens is 4. The summed E-state index contributed by atoms with van der Waals surface area (Å²) < 4.78 is 23.6. The van der Waals surface area contributed by atoms with Gasteiger partial charge in [-0.05, 0) is 48.0 Å². The van der Waals surface area contributed by atoms with Crippen LogP contribution >= 0.6 is 0 Å². The number of nitrogens with zero attached hydrogens (tertiary/aromatic N) is 5. The molecule has 3 rings (SSSR count). The van der Waals surface area contributed by atoms with Crippen LogP contribution in [0.5, 0.6) is 0 Å². The van der Waals surface area contributed by atoms with Crippen LogP contribution in [0.1, 0.15) is 68.0 Å². The van der Waals surface area contributed by atoms with Gasteiger partial charge in [-0.2, -0.15) is 4.98 Å². The molecular formula is C28H44N8O10. The fourth-order valence-electron chi connectivity index (χ4n) is 4.13. The van der Waals surface area contributed by atoms with E-state index < -0.39 is 65.3 Å². The van der Waals surface area contributed by atoms with Gasteiger partial charge in [0.1, 0.15) is 29.5 Å². The maximum atomic E-state index is 13.2. The van der Waals surface area contributed by atoms with Crippen LogP contribution in [0.4, 0.5) is 15.5 Å². The number of rotatable bonds is 8. The number of anilines is 1. The van der Waals surface area contributed by atoms with Crippen LogP contribution < -0.4 is 16.6 Å². The molecule has 0 aliphatic carbocycles. The number of amides is 3. The molecule has 4 atom stereocenters. The fourth-order valence-corrected chi connectivity index (χ4v) is 4.13. The zero-order chi connectivity index (χ0) is 34.6. The number of ether oxygens (including phenoxy) is 4. The first kappa shape index (κ1) is 36.3. The summed E-state index contributed by atoms with van der Waals surface area (Å²) in [5.41, 5.74) is 3.32. The van der Waals surface area contributed by atoms with Crippen molar-refractivity contribution >= 4 is 41.2 Å². The normalized spacial score (nSPS) is 20.6. The Bertz CT molecular complexity index is 1490. The highest BCUT2D eigenvalue weighted by atomic mass is 16.6. The van der Waals surface area contributed by atoms with Gasteiger partial charge >= 0.3 is 12.2 Å². The summed E-state index contributed by atoms with van der Waals surface area (Å²) in [4.78, 5) is 65.7. The maximum absolute atomic E-state index is 13.2. The first-order chi connectivity index (χ1) is 21.3. The summed E-state index contributed by atoms with van der Waals surface area (Å²) in [7, 11) is 0. The Morgan fingerprint density at radius 1 is 1.15 bits per heavy atom. The van der Waals surface area contributed by atoms with Crippen LogP contribution in [0.15, 0.2) is 16.1 Å². The van der Waals surface area contributed by atoms with E-state index in [0.717, 1.165) is 4.90 Å². The fraction of sp³-hybridized carbons (Fsp3) is 0.679. The van der Waals surface area contributed by atoms with E-state index in [9.17, 15) is 29.4 Å². The molecule has 0 aromatic carbocycles. The Labute approximate surface area is 265 Å². The van der Waals surface area contributed by atoms with E-state index in [2.05, 4.69) is 25.3 Å². The third-order valence-corrected chi connectivity index (χ3v) is 6.23. The minimum absolute atomic E-state index is 0.0198. The van der Waals surface area contributed by atoms with Crippen molar-refractivity contribution in [2.75, 3.05) is 25.5 Å². The topological polar surface area (TPSA) is 246 Å². The summed E-state index contributed by atoms with van der Waals surface area (Å²) in [6.45, 7) is 12.9. The van der Waals surface area contributed by atoms with Gasteiger partial charge in [0.05, 0.1) is 12.9 Å². The second kappa shape index (κ2) is 14.5. The number of aliphatic hydroxyl groups is 2. The van der Waals surface area contributed by atoms with Crippen LogP contribution in [-0.4, -0.2) is 108 Å². The van der Waals surface area contributed by atoms with Crippen molar-refractivity contribution in [3.8, 4) is 0 Å². The molecule has 0 radical (unpaired) electrons. The van der Waals surface area contributed by atoms with Crippen molar-refractivity contribution in [3.05, 3.63) is 16.7 Å². The van der Waals surface area contributed by atoms with Crippen LogP contribution in [0, 0.1) is 5.92 Å². The minimum atomic E-state index is -1.41. The van der Waals surface area contributed by atoms with Crippen molar-refractivity contribution in [2.24, 2.45) is 10.9 Å². The maximum Gasteiger partial charge on any atom is 0.437 e. The van der Waals surface area contributed by atoms with Crippen molar-refractivity contribution in [3.63, 3.8) is 0 Å². The molecule has 1 aliphatic rings. The SMILES string of the molecule is CC(C)C(=O)NC(=NC(=O)OC(C)(C)C)N(CCCOC[C@H]1O[C@@H](n2cnc3c(=O)[nH]c(N)nc32)[C@H](O)[C@@H]1O)C(=O)OC(C)(C)C. The number of guanidine groups is 1. The van der Waals surface area contributed by atoms with Crippen LogP contribution in [0.2, 0.25) is 0 Å². The minimum Gasteiger partial charge on any atom is -0.443 e. The van der Waals surface area contributed by atoms with Crippen molar-refractivity contribution in [1.29, 1.82) is 0 Å². The number of carbonyl (C=O) groups excluding carboxylic acids is 3. The van der Waals surface area contributed by atoms with E-state index in [1.165, 1.54) is 10.9 Å². The number of aromatic amines is 1. The molecular weight excluding hydrogens is 608 g/mol. The molecule has 1 saturated heterocycles. The lowest BCUT2D eigenvalue weighted by molar-refractivity contribution is -0.122. The van der Waals surface area contributed by atoms with Gasteiger partial charge in [-0.15, -0.1) is 4.99 Å². The quantitative estimate of drug-likeness (QED) is 0.152. The van der Waals surface area contributed by atoms with E-state index in [0.29, 0.717) is 0 Å². The van der Waals surface area contributed by atoms with Gasteiger partial charge in [0.2, 0.25) is 17.8 Å². The Kier molecular flexibility index (Phi) is 11.5. The number of aliphatic imine (C=N–C) groups is 1. The highest BCUT2D eigenvalue weighted by Gasteiger charge is 2.44. The van der Waals surface area contributed by atoms with Gasteiger partial charge in [0, 0.05) is 19.1 Å². The lowest BCUT2D eigenvalue weighted by Gasteiger charge is -2.28. The Morgan fingerprint density at radius 2 is 1.80 bits per heavy atom. The molecule has 18 nitrogen and oxygen atoms in total. The van der Waals surface area contributed by atoms with Gasteiger partial charge in [-0.1, -0.05) is 13.8 Å². The number of carbonyl (C=O) groups is 3.